The van der Waals surface area contributed by atoms with E-state index in [0.29, 0.717) is 0 Å². The highest BCUT2D eigenvalue weighted by Gasteiger charge is 1.87. The average molecular weight is 85.1 g/mol. The van der Waals surface area contributed by atoms with Gasteiger partial charge in [0.15, 0.2) is 0 Å². The first-order valence-corrected chi connectivity index (χ1v) is 1.91. The summed E-state index contributed by atoms with van der Waals surface area (Å²) in [7, 11) is 0. The Balaban J connectivity index is 2.96. The topological polar surface area (TPSA) is 20.2 Å². The van der Waals surface area contributed by atoms with Crippen LogP contribution in [0.2, 0.25) is 0 Å². The van der Waals surface area contributed by atoms with E-state index in [4.69, 9.17) is 5.11 Å². The van der Waals surface area contributed by atoms with Crippen LogP contribution in [0.4, 0.5) is 0 Å². The fourth-order valence-corrected chi connectivity index (χ4v) is 0.0609. The molecule has 1 nitrogen and oxygen atoms in total. The molecule has 0 aliphatic heterocycles. The number of aliphatic hydroxyl groups excluding tert-OH is 1. The van der Waals surface area contributed by atoms with Crippen molar-refractivity contribution in [2.24, 2.45) is 5.92 Å². The fourth-order valence-electron chi connectivity index (χ4n) is 0.0609. The lowest BCUT2D eigenvalue weighted by Gasteiger charge is -1.92. The fraction of sp³-hybridized carbons (Fsp3) is 0.400. The summed E-state index contributed by atoms with van der Waals surface area (Å²) >= 11 is 0. The Morgan fingerprint density at radius 3 is 2.33 bits per heavy atom. The predicted octanol–water partition coefficient (Wildman–Crippen LogP) is 1.34. The second-order valence-corrected chi connectivity index (χ2v) is 1.24. The van der Waals surface area contributed by atoms with Crippen LogP contribution in [0.15, 0.2) is 12.7 Å². The molecule has 0 spiro atoms. The monoisotopic (exact) mass is 85.1 g/mol. The van der Waals surface area contributed by atoms with Gasteiger partial charge in [-0.15, -0.1) is 6.58 Å². The summed E-state index contributed by atoms with van der Waals surface area (Å²) in [6, 6.07) is 0. The van der Waals surface area contributed by atoms with Crippen molar-refractivity contribution in [3.8, 4) is 0 Å². The normalized spacial score (nSPS) is 13.7. The molecule has 0 rings (SSSR count). The second kappa shape index (κ2) is 2.91. The van der Waals surface area contributed by atoms with Crippen molar-refractivity contribution < 1.29 is 5.11 Å². The lowest BCUT2D eigenvalue weighted by Crippen LogP contribution is -1.85. The summed E-state index contributed by atoms with van der Waals surface area (Å²) in [4.78, 5) is 0. The van der Waals surface area contributed by atoms with Crippen molar-refractivity contribution >= 4 is 0 Å². The molecule has 0 fully saturated rings. The van der Waals surface area contributed by atoms with Gasteiger partial charge in [-0.05, 0) is 0 Å². The van der Waals surface area contributed by atoms with Crippen molar-refractivity contribution in [2.75, 3.05) is 0 Å². The molecule has 0 saturated carbocycles. The minimum Gasteiger partial charge on any atom is -0.390 e. The zero-order valence-corrected chi connectivity index (χ0v) is 3.89. The minimum atomic E-state index is 0.130. The van der Waals surface area contributed by atoms with Crippen molar-refractivity contribution in [3.05, 3.63) is 19.3 Å². The summed E-state index contributed by atoms with van der Waals surface area (Å²) < 4.78 is 0. The standard InChI is InChI=1S/C5H9O/c1-3-5(2)4-6/h3-6H,1H2,2H3. The molecule has 1 N–H and O–H groups in total. The van der Waals surface area contributed by atoms with Gasteiger partial charge in [0.05, 0.1) is 6.61 Å². The highest BCUT2D eigenvalue weighted by atomic mass is 16.3. The summed E-state index contributed by atoms with van der Waals surface area (Å²) in [5, 5.41) is 8.14. The van der Waals surface area contributed by atoms with Gasteiger partial charge >= 0.3 is 0 Å². The van der Waals surface area contributed by atoms with E-state index in [9.17, 15) is 0 Å². The van der Waals surface area contributed by atoms with Gasteiger partial charge in [-0.3, -0.25) is 0 Å². The second-order valence-electron chi connectivity index (χ2n) is 1.24. The highest BCUT2D eigenvalue weighted by Crippen LogP contribution is 1.94. The minimum absolute atomic E-state index is 0.130. The van der Waals surface area contributed by atoms with Gasteiger partial charge in [-0.25, -0.2) is 0 Å². The third-order valence-electron chi connectivity index (χ3n) is 0.607. The van der Waals surface area contributed by atoms with E-state index in [1.54, 1.807) is 6.08 Å². The Labute approximate surface area is 38.3 Å². The first kappa shape index (κ1) is 5.70. The Morgan fingerprint density at radius 1 is 1.83 bits per heavy atom. The predicted molar refractivity (Wildman–Crippen MR) is 25.6 cm³/mol. The number of hydrogen-bond acceptors (Lipinski definition) is 1. The van der Waals surface area contributed by atoms with E-state index in [1.165, 1.54) is 0 Å². The Morgan fingerprint density at radius 2 is 2.33 bits per heavy atom. The SMILES string of the molecule is C=CC(C)[CH]O. The molecule has 1 unspecified atom stereocenters. The number of aliphatic hydroxyl groups is 1. The van der Waals surface area contributed by atoms with Crippen LogP contribution < -0.4 is 0 Å². The molecule has 0 aliphatic rings. The lowest BCUT2D eigenvalue weighted by molar-refractivity contribution is 0.351. The van der Waals surface area contributed by atoms with E-state index in [1.807, 2.05) is 6.92 Å². The molecular weight excluding hydrogens is 76.1 g/mol. The zero-order chi connectivity index (χ0) is 4.99. The van der Waals surface area contributed by atoms with Gasteiger partial charge in [0.25, 0.3) is 0 Å². The van der Waals surface area contributed by atoms with Crippen LogP contribution in [0, 0.1) is 12.5 Å². The van der Waals surface area contributed by atoms with Crippen molar-refractivity contribution in [1.82, 2.24) is 0 Å². The van der Waals surface area contributed by atoms with Gasteiger partial charge in [-0.1, -0.05) is 13.0 Å². The van der Waals surface area contributed by atoms with Gasteiger partial charge in [0.1, 0.15) is 0 Å². The Bertz CT molecular complexity index is 41.2. The molecule has 0 saturated heterocycles. The highest BCUT2D eigenvalue weighted by molar-refractivity contribution is 4.79. The average Bonchev–Trinajstić information content (AvgIpc) is 1.65. The summed E-state index contributed by atoms with van der Waals surface area (Å²) in [5.74, 6) is 0.130. The van der Waals surface area contributed by atoms with Crippen molar-refractivity contribution in [1.29, 1.82) is 0 Å². The maximum Gasteiger partial charge on any atom is 0.0864 e. The van der Waals surface area contributed by atoms with Gasteiger partial charge in [0.2, 0.25) is 0 Å². The molecule has 1 heteroatoms. The quantitative estimate of drug-likeness (QED) is 0.502. The smallest absolute Gasteiger partial charge is 0.0864 e. The summed E-state index contributed by atoms with van der Waals surface area (Å²) in [6.45, 7) is 6.40. The third kappa shape index (κ3) is 1.97. The largest absolute Gasteiger partial charge is 0.390 e. The molecule has 0 aliphatic carbocycles. The molecule has 6 heavy (non-hydrogen) atoms. The van der Waals surface area contributed by atoms with Crippen LogP contribution >= 0.6 is 0 Å². The lowest BCUT2D eigenvalue weighted by atomic mass is 10.2. The first-order chi connectivity index (χ1) is 2.81. The van der Waals surface area contributed by atoms with Gasteiger partial charge in [-0.2, -0.15) is 0 Å². The third-order valence-corrected chi connectivity index (χ3v) is 0.607. The van der Waals surface area contributed by atoms with E-state index in [2.05, 4.69) is 6.58 Å². The van der Waals surface area contributed by atoms with Crippen molar-refractivity contribution in [3.63, 3.8) is 0 Å². The maximum absolute atomic E-state index is 8.14. The van der Waals surface area contributed by atoms with E-state index in [0.717, 1.165) is 6.61 Å². The molecule has 0 aromatic heterocycles. The summed E-state index contributed by atoms with van der Waals surface area (Å²) in [6.07, 6.45) is 1.67. The molecule has 1 atom stereocenters. The van der Waals surface area contributed by atoms with Crippen molar-refractivity contribution in [2.45, 2.75) is 6.92 Å². The first-order valence-electron chi connectivity index (χ1n) is 1.91. The van der Waals surface area contributed by atoms with E-state index < -0.39 is 0 Å². The zero-order valence-electron chi connectivity index (χ0n) is 3.89. The van der Waals surface area contributed by atoms with Crippen LogP contribution in [0.5, 0.6) is 0 Å². The molecule has 1 radical (unpaired) electrons. The van der Waals surface area contributed by atoms with Crippen LogP contribution in [-0.2, 0) is 0 Å². The number of rotatable bonds is 2. The van der Waals surface area contributed by atoms with E-state index in [-0.39, 0.29) is 5.92 Å². The van der Waals surface area contributed by atoms with Crippen LogP contribution in [0.3, 0.4) is 0 Å². The molecular formula is C5H9O. The molecule has 0 aromatic carbocycles. The van der Waals surface area contributed by atoms with Gasteiger partial charge in [0, 0.05) is 5.92 Å². The van der Waals surface area contributed by atoms with Crippen LogP contribution in [-0.4, -0.2) is 5.11 Å². The Hall–Kier alpha value is -0.300. The molecule has 35 valence electrons. The van der Waals surface area contributed by atoms with Crippen LogP contribution in [0.1, 0.15) is 6.92 Å². The number of hydrogen-bond donors (Lipinski definition) is 1. The maximum atomic E-state index is 8.14. The van der Waals surface area contributed by atoms with E-state index >= 15 is 0 Å². The molecule has 0 bridgehead atoms. The summed E-state index contributed by atoms with van der Waals surface area (Å²) in [5.41, 5.74) is 0. The van der Waals surface area contributed by atoms with Crippen LogP contribution in [0.25, 0.3) is 0 Å². The Kier molecular flexibility index (Phi) is 2.77. The molecule has 0 heterocycles. The molecule has 0 amide bonds. The molecule has 0 aromatic rings. The van der Waals surface area contributed by atoms with Gasteiger partial charge < -0.3 is 5.11 Å².